The van der Waals surface area contributed by atoms with E-state index in [2.05, 4.69) is 234 Å². The second-order valence-corrected chi connectivity index (χ2v) is 16.4. The minimum Gasteiger partial charge on any atom is -0.456 e. The number of rotatable bonds is 6. The lowest BCUT2D eigenvalue weighted by Gasteiger charge is -2.27. The Morgan fingerprint density at radius 3 is 1.68 bits per heavy atom. The standard InChI is InChI=1S/C60H38N2O/c1-2-16-42(17-3-1)57-52-26-13-25-47(59(52)62-53-27-10-8-21-49(53)48-20-6-7-22-50(48)60(57)62)41-33-37-44(38-34-41)61(54-28-14-30-56-58(54)51-23-9-11-29-55(51)63-56)43-35-31-40(32-36-43)46-24-12-18-39-15-4-5-19-45(39)46/h1-38H. The SMILES string of the molecule is c1ccc(-c2c3cccc(-c4ccc(N(c5ccc(-c6cccc7ccccc67)cc5)c5cccc6oc7ccccc7c56)cc4)c3n3c4ccccc4c4ccccc4c23)cc1. The van der Waals surface area contributed by atoms with Gasteiger partial charge in [-0.3, -0.25) is 0 Å². The summed E-state index contributed by atoms with van der Waals surface area (Å²) < 4.78 is 8.97. The van der Waals surface area contributed by atoms with Gasteiger partial charge in [-0.25, -0.2) is 0 Å². The molecule has 0 unspecified atom stereocenters. The first-order valence-corrected chi connectivity index (χ1v) is 21.6. The molecule has 0 amide bonds. The fourth-order valence-electron chi connectivity index (χ4n) is 10.2. The highest BCUT2D eigenvalue weighted by Gasteiger charge is 2.23. The van der Waals surface area contributed by atoms with E-state index in [0.29, 0.717) is 0 Å². The van der Waals surface area contributed by atoms with Crippen LogP contribution in [0.3, 0.4) is 0 Å². The van der Waals surface area contributed by atoms with Crippen molar-refractivity contribution in [3.63, 3.8) is 0 Å². The van der Waals surface area contributed by atoms with Gasteiger partial charge in [0.25, 0.3) is 0 Å². The van der Waals surface area contributed by atoms with Gasteiger partial charge in [0.2, 0.25) is 0 Å². The predicted molar refractivity (Wildman–Crippen MR) is 266 cm³/mol. The molecule has 0 saturated carbocycles. The summed E-state index contributed by atoms with van der Waals surface area (Å²) in [7, 11) is 0. The average molecular weight is 803 g/mol. The molecule has 10 aromatic carbocycles. The highest BCUT2D eigenvalue weighted by atomic mass is 16.3. The maximum atomic E-state index is 6.45. The zero-order chi connectivity index (χ0) is 41.4. The van der Waals surface area contributed by atoms with Crippen LogP contribution in [0.25, 0.3) is 104 Å². The van der Waals surface area contributed by atoms with E-state index in [1.165, 1.54) is 76.7 Å². The average Bonchev–Trinajstić information content (AvgIpc) is 3.92. The first kappa shape index (κ1) is 35.4. The molecule has 0 bridgehead atoms. The minimum absolute atomic E-state index is 0.864. The summed E-state index contributed by atoms with van der Waals surface area (Å²) >= 11 is 0. The number of fused-ring (bicyclic) bond motifs is 12. The van der Waals surface area contributed by atoms with Gasteiger partial charge in [-0.05, 0) is 86.9 Å². The van der Waals surface area contributed by atoms with Crippen LogP contribution >= 0.6 is 0 Å². The molecule has 0 spiro atoms. The van der Waals surface area contributed by atoms with E-state index in [4.69, 9.17) is 4.42 Å². The van der Waals surface area contributed by atoms with Crippen molar-refractivity contribution in [3.8, 4) is 33.4 Å². The Kier molecular flexibility index (Phi) is 7.91. The lowest BCUT2D eigenvalue weighted by atomic mass is 9.97. The number of pyridine rings is 1. The molecule has 0 radical (unpaired) electrons. The molecule has 0 aliphatic carbocycles. The summed E-state index contributed by atoms with van der Waals surface area (Å²) in [5.41, 5.74) is 15.8. The molecule has 63 heavy (non-hydrogen) atoms. The Bertz CT molecular complexity index is 3890. The van der Waals surface area contributed by atoms with Crippen molar-refractivity contribution < 1.29 is 4.42 Å². The summed E-state index contributed by atoms with van der Waals surface area (Å²) in [5, 5.41) is 9.65. The largest absolute Gasteiger partial charge is 0.456 e. The molecule has 13 aromatic rings. The summed E-state index contributed by atoms with van der Waals surface area (Å²) in [6.07, 6.45) is 0. The number of nitrogens with zero attached hydrogens (tertiary/aromatic N) is 2. The zero-order valence-corrected chi connectivity index (χ0v) is 34.2. The van der Waals surface area contributed by atoms with Crippen molar-refractivity contribution in [1.29, 1.82) is 0 Å². The van der Waals surface area contributed by atoms with Crippen LogP contribution in [0.5, 0.6) is 0 Å². The van der Waals surface area contributed by atoms with Gasteiger partial charge in [0.05, 0.1) is 27.6 Å². The number of aromatic nitrogens is 1. The number of anilines is 3. The van der Waals surface area contributed by atoms with E-state index in [0.717, 1.165) is 44.6 Å². The lowest BCUT2D eigenvalue weighted by molar-refractivity contribution is 0.669. The van der Waals surface area contributed by atoms with Gasteiger partial charge < -0.3 is 13.7 Å². The van der Waals surface area contributed by atoms with Crippen LogP contribution in [0, 0.1) is 0 Å². The monoisotopic (exact) mass is 802 g/mol. The summed E-state index contributed by atoms with van der Waals surface area (Å²) in [4.78, 5) is 2.38. The molecule has 0 fully saturated rings. The first-order chi connectivity index (χ1) is 31.3. The number of para-hydroxylation sites is 3. The Balaban J connectivity index is 1.02. The Labute approximate surface area is 363 Å². The van der Waals surface area contributed by atoms with Crippen molar-refractivity contribution in [2.24, 2.45) is 0 Å². The topological polar surface area (TPSA) is 20.8 Å². The van der Waals surface area contributed by atoms with Gasteiger partial charge in [0, 0.05) is 44.0 Å². The Morgan fingerprint density at radius 1 is 0.333 bits per heavy atom. The summed E-state index contributed by atoms with van der Waals surface area (Å²) in [5.74, 6) is 0. The maximum Gasteiger partial charge on any atom is 0.137 e. The third kappa shape index (κ3) is 5.46. The second kappa shape index (κ2) is 14.1. The lowest BCUT2D eigenvalue weighted by Crippen LogP contribution is -2.10. The first-order valence-electron chi connectivity index (χ1n) is 21.6. The van der Waals surface area contributed by atoms with Gasteiger partial charge in [-0.15, -0.1) is 0 Å². The molecule has 294 valence electrons. The van der Waals surface area contributed by atoms with Gasteiger partial charge in [0.15, 0.2) is 0 Å². The van der Waals surface area contributed by atoms with E-state index in [1.807, 2.05) is 6.07 Å². The van der Waals surface area contributed by atoms with Crippen molar-refractivity contribution in [3.05, 3.63) is 231 Å². The van der Waals surface area contributed by atoms with E-state index in [1.54, 1.807) is 0 Å². The van der Waals surface area contributed by atoms with Gasteiger partial charge in [-0.2, -0.15) is 0 Å². The summed E-state index contributed by atoms with van der Waals surface area (Å²) in [6.45, 7) is 0. The highest BCUT2D eigenvalue weighted by Crippen LogP contribution is 2.47. The quantitative estimate of drug-likeness (QED) is 0.156. The van der Waals surface area contributed by atoms with E-state index < -0.39 is 0 Å². The van der Waals surface area contributed by atoms with Crippen molar-refractivity contribution in [2.75, 3.05) is 4.90 Å². The Morgan fingerprint density at radius 2 is 0.889 bits per heavy atom. The molecule has 0 aliphatic heterocycles. The smallest absolute Gasteiger partial charge is 0.137 e. The third-order valence-corrected chi connectivity index (χ3v) is 13.0. The number of furan rings is 1. The van der Waals surface area contributed by atoms with E-state index in [-0.39, 0.29) is 0 Å². The van der Waals surface area contributed by atoms with Crippen molar-refractivity contribution in [2.45, 2.75) is 0 Å². The van der Waals surface area contributed by atoms with E-state index >= 15 is 0 Å². The number of hydrogen-bond donors (Lipinski definition) is 0. The zero-order valence-electron chi connectivity index (χ0n) is 34.2. The van der Waals surface area contributed by atoms with Crippen LogP contribution < -0.4 is 4.90 Å². The molecule has 3 heteroatoms. The molecule has 3 aromatic heterocycles. The van der Waals surface area contributed by atoms with Crippen molar-refractivity contribution >= 4 is 87.9 Å². The fraction of sp³-hybridized carbons (Fsp3) is 0. The highest BCUT2D eigenvalue weighted by molar-refractivity contribution is 6.23. The maximum absolute atomic E-state index is 6.45. The van der Waals surface area contributed by atoms with Gasteiger partial charge >= 0.3 is 0 Å². The molecular weight excluding hydrogens is 765 g/mol. The normalized spacial score (nSPS) is 11.8. The van der Waals surface area contributed by atoms with Gasteiger partial charge in [0.1, 0.15) is 11.2 Å². The van der Waals surface area contributed by atoms with Crippen LogP contribution in [0.4, 0.5) is 17.1 Å². The van der Waals surface area contributed by atoms with E-state index in [9.17, 15) is 0 Å². The summed E-state index contributed by atoms with van der Waals surface area (Å²) in [6, 6.07) is 83.4. The van der Waals surface area contributed by atoms with Crippen LogP contribution in [0.2, 0.25) is 0 Å². The molecule has 3 nitrogen and oxygen atoms in total. The van der Waals surface area contributed by atoms with Crippen LogP contribution in [-0.4, -0.2) is 4.40 Å². The fourth-order valence-corrected chi connectivity index (χ4v) is 10.2. The number of hydrogen-bond acceptors (Lipinski definition) is 2. The van der Waals surface area contributed by atoms with Crippen LogP contribution in [-0.2, 0) is 0 Å². The molecule has 0 atom stereocenters. The molecular formula is C60H38N2O. The molecule has 0 aliphatic rings. The van der Waals surface area contributed by atoms with Crippen LogP contribution in [0.1, 0.15) is 0 Å². The Hall–Kier alpha value is -8.40. The predicted octanol–water partition coefficient (Wildman–Crippen LogP) is 16.9. The molecule has 3 heterocycles. The number of benzene rings is 10. The molecule has 0 saturated heterocycles. The van der Waals surface area contributed by atoms with Crippen molar-refractivity contribution in [1.82, 2.24) is 4.40 Å². The molecule has 13 rings (SSSR count). The van der Waals surface area contributed by atoms with Crippen LogP contribution in [0.15, 0.2) is 235 Å². The third-order valence-electron chi connectivity index (χ3n) is 13.0. The molecule has 0 N–H and O–H groups in total. The second-order valence-electron chi connectivity index (χ2n) is 16.4. The van der Waals surface area contributed by atoms with Gasteiger partial charge in [-0.1, -0.05) is 182 Å². The minimum atomic E-state index is 0.864.